The molecule has 0 saturated carbocycles. The molecule has 180 valence electrons. The van der Waals surface area contributed by atoms with Crippen LogP contribution in [0.4, 0.5) is 5.69 Å². The van der Waals surface area contributed by atoms with Gasteiger partial charge in [-0.1, -0.05) is 37.7 Å². The molecule has 8 nitrogen and oxygen atoms in total. The van der Waals surface area contributed by atoms with Gasteiger partial charge in [0.05, 0.1) is 18.9 Å². The summed E-state index contributed by atoms with van der Waals surface area (Å²) < 4.78 is 6.98. The average Bonchev–Trinajstić information content (AvgIpc) is 3.18. The van der Waals surface area contributed by atoms with Gasteiger partial charge in [-0.2, -0.15) is 0 Å². The number of thioether (sulfide) groups is 1. The van der Waals surface area contributed by atoms with Crippen LogP contribution in [0.2, 0.25) is 0 Å². The Morgan fingerprint density at radius 2 is 1.79 bits per heavy atom. The topological polar surface area (TPSA) is 98.1 Å². The van der Waals surface area contributed by atoms with Gasteiger partial charge < -0.3 is 19.9 Å². The van der Waals surface area contributed by atoms with Crippen LogP contribution >= 0.6 is 11.8 Å². The van der Waals surface area contributed by atoms with Gasteiger partial charge in [0.25, 0.3) is 5.91 Å². The molecule has 1 heterocycles. The van der Waals surface area contributed by atoms with Gasteiger partial charge in [0.1, 0.15) is 5.75 Å². The summed E-state index contributed by atoms with van der Waals surface area (Å²) in [5.41, 5.74) is 3.44. The summed E-state index contributed by atoms with van der Waals surface area (Å²) in [5.74, 6) is 1.28. The predicted octanol–water partition coefficient (Wildman–Crippen LogP) is 4.30. The zero-order valence-electron chi connectivity index (χ0n) is 20.4. The van der Waals surface area contributed by atoms with E-state index in [1.807, 2.05) is 57.5 Å². The summed E-state index contributed by atoms with van der Waals surface area (Å²) in [6, 6.07) is 12.6. The van der Waals surface area contributed by atoms with Crippen molar-refractivity contribution in [3.63, 3.8) is 0 Å². The molecule has 2 N–H and O–H groups in total. The number of anilines is 1. The Labute approximate surface area is 204 Å². The summed E-state index contributed by atoms with van der Waals surface area (Å²) >= 11 is 1.30. The quantitative estimate of drug-likeness (QED) is 0.442. The summed E-state index contributed by atoms with van der Waals surface area (Å²) in [4.78, 5) is 25.3. The number of amides is 2. The summed E-state index contributed by atoms with van der Waals surface area (Å²) in [6.45, 7) is 7.98. The Kier molecular flexibility index (Phi) is 8.33. The van der Waals surface area contributed by atoms with Crippen LogP contribution in [0, 0.1) is 19.8 Å². The molecule has 3 aromatic rings. The highest BCUT2D eigenvalue weighted by atomic mass is 32.2. The third kappa shape index (κ3) is 6.17. The van der Waals surface area contributed by atoms with Gasteiger partial charge in [0, 0.05) is 18.3 Å². The van der Waals surface area contributed by atoms with Crippen molar-refractivity contribution in [2.45, 2.75) is 38.9 Å². The molecule has 2 aromatic carbocycles. The summed E-state index contributed by atoms with van der Waals surface area (Å²) in [5, 5.41) is 15.2. The number of aromatic nitrogens is 3. The maximum absolute atomic E-state index is 12.8. The predicted molar refractivity (Wildman–Crippen MR) is 134 cm³/mol. The van der Waals surface area contributed by atoms with Gasteiger partial charge in [-0.15, -0.1) is 10.2 Å². The van der Waals surface area contributed by atoms with Crippen LogP contribution in [0.1, 0.15) is 47.2 Å². The Balaban J connectivity index is 1.66. The van der Waals surface area contributed by atoms with E-state index in [1.165, 1.54) is 11.8 Å². The molecule has 0 fully saturated rings. The third-order valence-corrected chi connectivity index (χ3v) is 6.47. The summed E-state index contributed by atoms with van der Waals surface area (Å²) in [7, 11) is 3.43. The molecule has 34 heavy (non-hydrogen) atoms. The highest BCUT2D eigenvalue weighted by Crippen LogP contribution is 2.25. The Morgan fingerprint density at radius 3 is 2.44 bits per heavy atom. The molecule has 0 saturated heterocycles. The lowest BCUT2D eigenvalue weighted by molar-refractivity contribution is -0.113. The monoisotopic (exact) mass is 481 g/mol. The molecule has 1 unspecified atom stereocenters. The first-order chi connectivity index (χ1) is 16.2. The average molecular weight is 482 g/mol. The third-order valence-electron chi connectivity index (χ3n) is 5.45. The van der Waals surface area contributed by atoms with E-state index in [0.717, 1.165) is 16.8 Å². The number of benzene rings is 2. The second-order valence-corrected chi connectivity index (χ2v) is 9.42. The minimum absolute atomic E-state index is 0.0792. The van der Waals surface area contributed by atoms with Crippen LogP contribution in [0.3, 0.4) is 0 Å². The number of aryl methyl sites for hydroxylation is 2. The number of rotatable bonds is 9. The number of hydrogen-bond donors (Lipinski definition) is 2. The molecule has 1 aromatic heterocycles. The number of hydrogen-bond acceptors (Lipinski definition) is 6. The van der Waals surface area contributed by atoms with E-state index >= 15 is 0 Å². The van der Waals surface area contributed by atoms with E-state index in [9.17, 15) is 9.59 Å². The number of nitrogens with one attached hydrogen (secondary N) is 2. The minimum Gasteiger partial charge on any atom is -0.497 e. The maximum Gasteiger partial charge on any atom is 0.251 e. The molecule has 9 heteroatoms. The molecular formula is C25H31N5O3S. The zero-order valence-corrected chi connectivity index (χ0v) is 21.2. The number of nitrogens with zero attached hydrogens (tertiary/aromatic N) is 3. The van der Waals surface area contributed by atoms with Gasteiger partial charge >= 0.3 is 0 Å². The molecule has 0 aliphatic rings. The molecule has 0 bridgehead atoms. The van der Waals surface area contributed by atoms with Gasteiger partial charge in [-0.3, -0.25) is 9.59 Å². The van der Waals surface area contributed by atoms with Crippen molar-refractivity contribution in [2.24, 2.45) is 13.0 Å². The standard InChI is InChI=1S/C25H31N5O3S/c1-15(2)22(27-24(32)18-9-11-19(33-6)12-10-18)23-28-29-25(30(23)5)34-14-21(31)26-20-13-16(3)7-8-17(20)4/h7-13,15,22H,14H2,1-6H3,(H,26,31)(H,27,32). The normalized spacial score (nSPS) is 11.9. The van der Waals surface area contributed by atoms with E-state index in [1.54, 1.807) is 31.4 Å². The lowest BCUT2D eigenvalue weighted by Crippen LogP contribution is -2.33. The van der Waals surface area contributed by atoms with Crippen LogP contribution < -0.4 is 15.4 Å². The first kappa shape index (κ1) is 25.3. The van der Waals surface area contributed by atoms with Crippen molar-refractivity contribution in [3.05, 3.63) is 65.0 Å². The van der Waals surface area contributed by atoms with Gasteiger partial charge in [0.15, 0.2) is 11.0 Å². The molecule has 0 radical (unpaired) electrons. The number of carbonyl (C=O) groups excluding carboxylic acids is 2. The number of methoxy groups -OCH3 is 1. The summed E-state index contributed by atoms with van der Waals surface area (Å²) in [6.07, 6.45) is 0. The lowest BCUT2D eigenvalue weighted by Gasteiger charge is -2.21. The van der Waals surface area contributed by atoms with Crippen LogP contribution in [0.25, 0.3) is 0 Å². The Hall–Kier alpha value is -3.33. The molecular weight excluding hydrogens is 450 g/mol. The molecule has 0 spiro atoms. The first-order valence-electron chi connectivity index (χ1n) is 11.0. The van der Waals surface area contributed by atoms with Crippen LogP contribution in [0.15, 0.2) is 47.6 Å². The molecule has 3 rings (SSSR count). The first-order valence-corrected chi connectivity index (χ1v) is 12.0. The highest BCUT2D eigenvalue weighted by Gasteiger charge is 2.25. The molecule has 0 aliphatic carbocycles. The SMILES string of the molecule is COc1ccc(C(=O)NC(c2nnc(SCC(=O)Nc3cc(C)ccc3C)n2C)C(C)C)cc1. The number of carbonyl (C=O) groups is 2. The van der Waals surface area contributed by atoms with Crippen molar-refractivity contribution in [3.8, 4) is 5.75 Å². The van der Waals surface area contributed by atoms with Crippen molar-refractivity contribution in [1.29, 1.82) is 0 Å². The fourth-order valence-electron chi connectivity index (χ4n) is 3.41. The van der Waals surface area contributed by atoms with Gasteiger partial charge in [-0.05, 0) is 61.2 Å². The lowest BCUT2D eigenvalue weighted by atomic mass is 10.0. The van der Waals surface area contributed by atoms with Crippen LogP contribution in [0.5, 0.6) is 5.75 Å². The van der Waals surface area contributed by atoms with Crippen LogP contribution in [-0.4, -0.2) is 39.4 Å². The fourth-order valence-corrected chi connectivity index (χ4v) is 4.12. The van der Waals surface area contributed by atoms with Crippen molar-refractivity contribution >= 4 is 29.3 Å². The van der Waals surface area contributed by atoms with E-state index in [0.29, 0.717) is 22.3 Å². The molecule has 1 atom stereocenters. The van der Waals surface area contributed by atoms with E-state index < -0.39 is 0 Å². The van der Waals surface area contributed by atoms with E-state index in [4.69, 9.17) is 4.74 Å². The van der Waals surface area contributed by atoms with Gasteiger partial charge in [-0.25, -0.2) is 0 Å². The maximum atomic E-state index is 12.8. The van der Waals surface area contributed by atoms with E-state index in [2.05, 4.69) is 20.8 Å². The molecule has 0 aliphatic heterocycles. The Morgan fingerprint density at radius 1 is 1.09 bits per heavy atom. The van der Waals surface area contributed by atoms with Crippen molar-refractivity contribution in [1.82, 2.24) is 20.1 Å². The molecule has 2 amide bonds. The van der Waals surface area contributed by atoms with Crippen molar-refractivity contribution < 1.29 is 14.3 Å². The van der Waals surface area contributed by atoms with E-state index in [-0.39, 0.29) is 29.5 Å². The largest absolute Gasteiger partial charge is 0.497 e. The fraction of sp³-hybridized carbons (Fsp3) is 0.360. The van der Waals surface area contributed by atoms with Gasteiger partial charge in [0.2, 0.25) is 5.91 Å². The smallest absolute Gasteiger partial charge is 0.251 e. The number of ether oxygens (including phenoxy) is 1. The van der Waals surface area contributed by atoms with Crippen molar-refractivity contribution in [2.75, 3.05) is 18.2 Å². The second kappa shape index (κ2) is 11.2. The highest BCUT2D eigenvalue weighted by molar-refractivity contribution is 7.99. The van der Waals surface area contributed by atoms with Crippen LogP contribution in [-0.2, 0) is 11.8 Å². The second-order valence-electron chi connectivity index (χ2n) is 8.48. The Bertz CT molecular complexity index is 1160. The zero-order chi connectivity index (χ0) is 24.8. The minimum atomic E-state index is -0.342.